The number of amides is 3. The second-order valence-corrected chi connectivity index (χ2v) is 12.5. The van der Waals surface area contributed by atoms with Crippen LogP contribution in [0.3, 0.4) is 0 Å². The number of hydrogen-bond donors (Lipinski definition) is 3. The minimum absolute atomic E-state index is 0.0468. The van der Waals surface area contributed by atoms with Gasteiger partial charge in [-0.05, 0) is 96.6 Å². The molecule has 2 atom stereocenters. The molecular weight excluding hydrogens is 494 g/mol. The SMILES string of the molecule is Cc1cccc(C)c1NC(=O)C(c1ccc(O)cc1)N(C(=O)C(CC(C)C)NC(=O)OC(C)(C)C)C(C)(C)C. The molecule has 2 aromatic rings. The number of phenols is 1. The van der Waals surface area contributed by atoms with Gasteiger partial charge >= 0.3 is 6.09 Å². The highest BCUT2D eigenvalue weighted by Gasteiger charge is 2.42. The van der Waals surface area contributed by atoms with Crippen LogP contribution >= 0.6 is 0 Å². The first kappa shape index (κ1) is 31.7. The summed E-state index contributed by atoms with van der Waals surface area (Å²) in [4.78, 5) is 42.7. The van der Waals surface area contributed by atoms with Crippen LogP contribution in [-0.4, -0.2) is 45.1 Å². The molecule has 0 aliphatic carbocycles. The molecule has 0 aromatic heterocycles. The van der Waals surface area contributed by atoms with Gasteiger partial charge in [0.2, 0.25) is 5.91 Å². The standard InChI is InChI=1S/C31H45N3O5/c1-19(2)18-24(32-29(38)39-31(8,9)10)28(37)34(30(5,6)7)26(22-14-16-23(35)17-15-22)27(36)33-25-20(3)12-11-13-21(25)4/h11-17,19,24,26,35H,18H2,1-10H3,(H,32,38)(H,33,36). The number of ether oxygens (including phenoxy) is 1. The van der Waals surface area contributed by atoms with Crippen molar-refractivity contribution in [3.8, 4) is 5.75 Å². The molecule has 0 aliphatic rings. The van der Waals surface area contributed by atoms with Gasteiger partial charge in [0.15, 0.2) is 0 Å². The molecule has 0 aliphatic heterocycles. The van der Waals surface area contributed by atoms with Gasteiger partial charge in [-0.3, -0.25) is 9.59 Å². The van der Waals surface area contributed by atoms with Gasteiger partial charge in [0.25, 0.3) is 5.91 Å². The maximum absolute atomic E-state index is 14.3. The number of para-hydroxylation sites is 1. The second-order valence-electron chi connectivity index (χ2n) is 12.5. The van der Waals surface area contributed by atoms with Crippen LogP contribution in [0.15, 0.2) is 42.5 Å². The molecule has 8 nitrogen and oxygen atoms in total. The molecule has 0 spiro atoms. The summed E-state index contributed by atoms with van der Waals surface area (Å²) in [6.07, 6.45) is -0.345. The maximum Gasteiger partial charge on any atom is 0.408 e. The van der Waals surface area contributed by atoms with E-state index in [1.54, 1.807) is 32.9 Å². The number of benzene rings is 2. The summed E-state index contributed by atoms with van der Waals surface area (Å²) in [5.41, 5.74) is 1.44. The van der Waals surface area contributed by atoms with E-state index < -0.39 is 41.1 Å². The predicted molar refractivity (Wildman–Crippen MR) is 155 cm³/mol. The van der Waals surface area contributed by atoms with Crippen molar-refractivity contribution in [1.29, 1.82) is 0 Å². The number of phenolic OH excluding ortho intramolecular Hbond substituents is 1. The van der Waals surface area contributed by atoms with E-state index in [-0.39, 0.29) is 11.7 Å². The maximum atomic E-state index is 14.3. The third kappa shape index (κ3) is 9.01. The number of hydrogen-bond acceptors (Lipinski definition) is 5. The number of alkyl carbamates (subject to hydrolysis) is 1. The minimum atomic E-state index is -1.05. The van der Waals surface area contributed by atoms with E-state index in [1.807, 2.05) is 66.7 Å². The number of rotatable bonds is 8. The zero-order valence-corrected chi connectivity index (χ0v) is 25.0. The van der Waals surface area contributed by atoms with Crippen LogP contribution in [0.2, 0.25) is 0 Å². The van der Waals surface area contributed by atoms with Crippen LogP contribution in [0.25, 0.3) is 0 Å². The number of nitrogens with zero attached hydrogens (tertiary/aromatic N) is 1. The number of carbonyl (C=O) groups is 3. The molecule has 0 radical (unpaired) electrons. The molecule has 39 heavy (non-hydrogen) atoms. The number of aromatic hydroxyl groups is 1. The molecule has 0 fully saturated rings. The molecule has 8 heteroatoms. The molecular formula is C31H45N3O5. The van der Waals surface area contributed by atoms with Crippen molar-refractivity contribution >= 4 is 23.6 Å². The lowest BCUT2D eigenvalue weighted by Crippen LogP contribution is -2.58. The fraction of sp³-hybridized carbons (Fsp3) is 0.516. The third-order valence-electron chi connectivity index (χ3n) is 6.10. The Balaban J connectivity index is 2.62. The molecule has 0 heterocycles. The first-order valence-electron chi connectivity index (χ1n) is 13.4. The molecule has 214 valence electrons. The fourth-order valence-electron chi connectivity index (χ4n) is 4.43. The predicted octanol–water partition coefficient (Wildman–Crippen LogP) is 6.26. The first-order chi connectivity index (χ1) is 17.9. The van der Waals surface area contributed by atoms with Gasteiger partial charge in [0.1, 0.15) is 23.4 Å². The lowest BCUT2D eigenvalue weighted by molar-refractivity contribution is -0.147. The topological polar surface area (TPSA) is 108 Å². The van der Waals surface area contributed by atoms with Gasteiger partial charge in [-0.1, -0.05) is 44.2 Å². The molecule has 0 saturated heterocycles. The lowest BCUT2D eigenvalue weighted by atomic mass is 9.93. The van der Waals surface area contributed by atoms with Crippen molar-refractivity contribution in [1.82, 2.24) is 10.2 Å². The van der Waals surface area contributed by atoms with E-state index in [1.165, 1.54) is 17.0 Å². The van der Waals surface area contributed by atoms with Crippen LogP contribution in [0.4, 0.5) is 10.5 Å². The van der Waals surface area contributed by atoms with E-state index in [0.717, 1.165) is 11.1 Å². The Morgan fingerprint density at radius 3 is 1.92 bits per heavy atom. The van der Waals surface area contributed by atoms with Crippen molar-refractivity contribution in [2.75, 3.05) is 5.32 Å². The lowest BCUT2D eigenvalue weighted by Gasteiger charge is -2.43. The molecule has 2 rings (SSSR count). The zero-order valence-electron chi connectivity index (χ0n) is 25.0. The highest BCUT2D eigenvalue weighted by Crippen LogP contribution is 2.33. The summed E-state index contributed by atoms with van der Waals surface area (Å²) in [7, 11) is 0. The number of carbonyl (C=O) groups excluding carboxylic acids is 3. The molecule has 0 bridgehead atoms. The summed E-state index contributed by atoms with van der Waals surface area (Å²) in [5, 5.41) is 15.7. The number of nitrogens with one attached hydrogen (secondary N) is 2. The molecule has 0 saturated carbocycles. The number of anilines is 1. The number of aryl methyl sites for hydroxylation is 2. The van der Waals surface area contributed by atoms with Crippen molar-refractivity contribution in [3.05, 3.63) is 59.2 Å². The smallest absolute Gasteiger partial charge is 0.408 e. The molecule has 2 aromatic carbocycles. The molecule has 2 unspecified atom stereocenters. The Kier molecular flexibility index (Phi) is 10.2. The Morgan fingerprint density at radius 1 is 0.923 bits per heavy atom. The van der Waals surface area contributed by atoms with Crippen LogP contribution in [0.1, 0.15) is 84.5 Å². The zero-order chi connectivity index (χ0) is 29.7. The Bertz CT molecular complexity index is 1140. The van der Waals surface area contributed by atoms with Gasteiger partial charge < -0.3 is 25.4 Å². The fourth-order valence-corrected chi connectivity index (χ4v) is 4.43. The summed E-state index contributed by atoms with van der Waals surface area (Å²) >= 11 is 0. The Morgan fingerprint density at radius 2 is 1.46 bits per heavy atom. The average molecular weight is 540 g/mol. The van der Waals surface area contributed by atoms with Gasteiger partial charge in [-0.15, -0.1) is 0 Å². The Labute approximate surface area is 233 Å². The summed E-state index contributed by atoms with van der Waals surface area (Å²) in [6.45, 7) is 18.6. The first-order valence-corrected chi connectivity index (χ1v) is 13.4. The third-order valence-corrected chi connectivity index (χ3v) is 6.10. The van der Waals surface area contributed by atoms with Crippen LogP contribution in [-0.2, 0) is 14.3 Å². The van der Waals surface area contributed by atoms with Crippen molar-refractivity contribution in [3.63, 3.8) is 0 Å². The van der Waals surface area contributed by atoms with Crippen molar-refractivity contribution in [2.24, 2.45) is 5.92 Å². The quantitative estimate of drug-likeness (QED) is 0.367. The van der Waals surface area contributed by atoms with E-state index >= 15 is 0 Å². The average Bonchev–Trinajstić information content (AvgIpc) is 2.77. The summed E-state index contributed by atoms with van der Waals surface area (Å²) < 4.78 is 5.45. The van der Waals surface area contributed by atoms with E-state index in [4.69, 9.17) is 4.74 Å². The van der Waals surface area contributed by atoms with Crippen LogP contribution < -0.4 is 10.6 Å². The molecule has 3 N–H and O–H groups in total. The van der Waals surface area contributed by atoms with Crippen molar-refractivity contribution < 1.29 is 24.2 Å². The van der Waals surface area contributed by atoms with Crippen molar-refractivity contribution in [2.45, 2.75) is 98.9 Å². The second kappa shape index (κ2) is 12.5. The van der Waals surface area contributed by atoms with Gasteiger partial charge in [-0.2, -0.15) is 0 Å². The normalized spacial score (nSPS) is 13.4. The van der Waals surface area contributed by atoms with E-state index in [9.17, 15) is 19.5 Å². The highest BCUT2D eigenvalue weighted by atomic mass is 16.6. The largest absolute Gasteiger partial charge is 0.508 e. The summed E-state index contributed by atoms with van der Waals surface area (Å²) in [5.74, 6) is -0.685. The summed E-state index contributed by atoms with van der Waals surface area (Å²) in [6, 6.07) is 10.0. The van der Waals surface area contributed by atoms with Crippen LogP contribution in [0.5, 0.6) is 5.75 Å². The minimum Gasteiger partial charge on any atom is -0.508 e. The van der Waals surface area contributed by atoms with Gasteiger partial charge in [0, 0.05) is 11.2 Å². The van der Waals surface area contributed by atoms with Crippen LogP contribution in [0, 0.1) is 19.8 Å². The van der Waals surface area contributed by atoms with Gasteiger partial charge in [0.05, 0.1) is 0 Å². The monoisotopic (exact) mass is 539 g/mol. The molecule has 3 amide bonds. The Hall–Kier alpha value is -3.55. The highest BCUT2D eigenvalue weighted by molar-refractivity contribution is 6.00. The van der Waals surface area contributed by atoms with Gasteiger partial charge in [-0.25, -0.2) is 4.79 Å². The van der Waals surface area contributed by atoms with E-state index in [0.29, 0.717) is 17.7 Å². The van der Waals surface area contributed by atoms with E-state index in [2.05, 4.69) is 10.6 Å².